The van der Waals surface area contributed by atoms with Crippen molar-refractivity contribution in [3.63, 3.8) is 0 Å². The first kappa shape index (κ1) is 19.1. The van der Waals surface area contributed by atoms with Crippen LogP contribution in [0.5, 0.6) is 5.75 Å². The van der Waals surface area contributed by atoms with E-state index in [2.05, 4.69) is 13.0 Å². The van der Waals surface area contributed by atoms with E-state index in [9.17, 15) is 4.79 Å². The standard InChI is InChI=1S/C19H28N2O2.ClH/c1-14-5-4-6-16(11-14)23-10-3-2-7-19(22)21-12-15-8-9-18(20)17(15)13-21;/h4-6,11,15,17-18H,2-3,7-10,12-13,20H2,1H3;1H. The van der Waals surface area contributed by atoms with Crippen molar-refractivity contribution in [2.45, 2.75) is 45.1 Å². The quantitative estimate of drug-likeness (QED) is 0.800. The summed E-state index contributed by atoms with van der Waals surface area (Å²) in [6.45, 7) is 4.54. The van der Waals surface area contributed by atoms with Crippen LogP contribution in [0.4, 0.5) is 0 Å². The number of carbonyl (C=O) groups excluding carboxylic acids is 1. The summed E-state index contributed by atoms with van der Waals surface area (Å²) >= 11 is 0. The Morgan fingerprint density at radius 3 is 2.88 bits per heavy atom. The summed E-state index contributed by atoms with van der Waals surface area (Å²) in [5.41, 5.74) is 7.34. The van der Waals surface area contributed by atoms with Crippen molar-refractivity contribution in [2.24, 2.45) is 17.6 Å². The second kappa shape index (κ2) is 8.72. The second-order valence-electron chi connectivity index (χ2n) is 7.09. The highest BCUT2D eigenvalue weighted by Gasteiger charge is 2.42. The van der Waals surface area contributed by atoms with E-state index in [4.69, 9.17) is 10.5 Å². The van der Waals surface area contributed by atoms with Crippen molar-refractivity contribution in [1.82, 2.24) is 4.90 Å². The summed E-state index contributed by atoms with van der Waals surface area (Å²) < 4.78 is 5.73. The molecule has 2 aliphatic rings. The normalized spacial score (nSPS) is 25.2. The highest BCUT2D eigenvalue weighted by atomic mass is 35.5. The van der Waals surface area contributed by atoms with Crippen molar-refractivity contribution in [3.05, 3.63) is 29.8 Å². The Balaban J connectivity index is 0.00000208. The molecule has 1 heterocycles. The minimum atomic E-state index is 0. The summed E-state index contributed by atoms with van der Waals surface area (Å²) in [5.74, 6) is 2.40. The van der Waals surface area contributed by atoms with Gasteiger partial charge in [-0.1, -0.05) is 12.1 Å². The lowest BCUT2D eigenvalue weighted by Crippen LogP contribution is -2.33. The van der Waals surface area contributed by atoms with Crippen LogP contribution in [0, 0.1) is 18.8 Å². The molecule has 1 saturated heterocycles. The number of nitrogens with two attached hydrogens (primary N) is 1. The van der Waals surface area contributed by atoms with E-state index in [1.165, 1.54) is 12.0 Å². The lowest BCUT2D eigenvalue weighted by Gasteiger charge is -2.18. The van der Waals surface area contributed by atoms with Gasteiger partial charge in [0.25, 0.3) is 0 Å². The minimum Gasteiger partial charge on any atom is -0.494 e. The molecule has 24 heavy (non-hydrogen) atoms. The van der Waals surface area contributed by atoms with Gasteiger partial charge in [-0.15, -0.1) is 12.4 Å². The predicted octanol–water partition coefficient (Wildman–Crippen LogP) is 3.16. The highest BCUT2D eigenvalue weighted by Crippen LogP contribution is 2.37. The number of ether oxygens (including phenoxy) is 1. The Hall–Kier alpha value is -1.26. The van der Waals surface area contributed by atoms with Crippen molar-refractivity contribution < 1.29 is 9.53 Å². The topological polar surface area (TPSA) is 55.6 Å². The Morgan fingerprint density at radius 1 is 1.29 bits per heavy atom. The monoisotopic (exact) mass is 352 g/mol. The molecule has 1 aliphatic carbocycles. The molecule has 4 nitrogen and oxygen atoms in total. The molecule has 134 valence electrons. The smallest absolute Gasteiger partial charge is 0.222 e. The number of halogens is 1. The van der Waals surface area contributed by atoms with E-state index >= 15 is 0 Å². The maximum absolute atomic E-state index is 12.3. The van der Waals surface area contributed by atoms with E-state index in [1.54, 1.807) is 0 Å². The number of likely N-dealkylation sites (tertiary alicyclic amines) is 1. The zero-order chi connectivity index (χ0) is 16.2. The number of fused-ring (bicyclic) bond motifs is 1. The molecule has 5 heteroatoms. The third-order valence-electron chi connectivity index (χ3n) is 5.31. The van der Waals surface area contributed by atoms with Gasteiger partial charge in [0.1, 0.15) is 5.75 Å². The molecule has 1 aromatic rings. The van der Waals surface area contributed by atoms with E-state index in [0.717, 1.165) is 38.1 Å². The molecule has 0 radical (unpaired) electrons. The number of rotatable bonds is 6. The highest BCUT2D eigenvalue weighted by molar-refractivity contribution is 5.85. The molecule has 1 aliphatic heterocycles. The van der Waals surface area contributed by atoms with Crippen LogP contribution >= 0.6 is 12.4 Å². The Bertz CT molecular complexity index is 552. The number of amides is 1. The van der Waals surface area contributed by atoms with Crippen LogP contribution in [0.3, 0.4) is 0 Å². The van der Waals surface area contributed by atoms with Gasteiger partial charge in [0.2, 0.25) is 5.91 Å². The third-order valence-corrected chi connectivity index (χ3v) is 5.31. The molecule has 3 atom stereocenters. The number of hydrogen-bond acceptors (Lipinski definition) is 3. The van der Waals surface area contributed by atoms with E-state index in [0.29, 0.717) is 36.8 Å². The average molecular weight is 353 g/mol. The predicted molar refractivity (Wildman–Crippen MR) is 98.5 cm³/mol. The van der Waals surface area contributed by atoms with Gasteiger partial charge in [-0.05, 0) is 62.1 Å². The summed E-state index contributed by atoms with van der Waals surface area (Å²) in [6, 6.07) is 8.38. The van der Waals surface area contributed by atoms with Gasteiger partial charge in [0, 0.05) is 25.6 Å². The van der Waals surface area contributed by atoms with Gasteiger partial charge in [-0.2, -0.15) is 0 Å². The molecule has 0 aromatic heterocycles. The molecular weight excluding hydrogens is 324 g/mol. The number of nitrogens with zero attached hydrogens (tertiary/aromatic N) is 1. The fraction of sp³-hybridized carbons (Fsp3) is 0.632. The SMILES string of the molecule is Cc1cccc(OCCCCC(=O)N2CC3CCC(N)C3C2)c1.Cl. The summed E-state index contributed by atoms with van der Waals surface area (Å²) in [6.07, 6.45) is 4.77. The van der Waals surface area contributed by atoms with Crippen LogP contribution in [-0.2, 0) is 4.79 Å². The second-order valence-corrected chi connectivity index (χ2v) is 7.09. The van der Waals surface area contributed by atoms with Gasteiger partial charge >= 0.3 is 0 Å². The van der Waals surface area contributed by atoms with Gasteiger partial charge in [-0.25, -0.2) is 0 Å². The molecule has 1 saturated carbocycles. The first-order valence-electron chi connectivity index (χ1n) is 8.86. The van der Waals surface area contributed by atoms with Crippen LogP contribution in [0.25, 0.3) is 0 Å². The third kappa shape index (κ3) is 4.64. The minimum absolute atomic E-state index is 0. The summed E-state index contributed by atoms with van der Waals surface area (Å²) in [7, 11) is 0. The van der Waals surface area contributed by atoms with E-state index in [1.807, 2.05) is 23.1 Å². The number of aryl methyl sites for hydroxylation is 1. The largest absolute Gasteiger partial charge is 0.494 e. The molecule has 3 rings (SSSR count). The Kier molecular flexibility index (Phi) is 6.93. The van der Waals surface area contributed by atoms with Crippen LogP contribution in [0.1, 0.15) is 37.7 Å². The van der Waals surface area contributed by atoms with Crippen LogP contribution in [0.15, 0.2) is 24.3 Å². The fourth-order valence-corrected chi connectivity index (χ4v) is 3.94. The van der Waals surface area contributed by atoms with Crippen molar-refractivity contribution in [2.75, 3.05) is 19.7 Å². The van der Waals surface area contributed by atoms with E-state index in [-0.39, 0.29) is 12.4 Å². The van der Waals surface area contributed by atoms with Gasteiger partial charge in [0.15, 0.2) is 0 Å². The molecule has 2 fully saturated rings. The molecule has 3 unspecified atom stereocenters. The van der Waals surface area contributed by atoms with Crippen LogP contribution in [-0.4, -0.2) is 36.5 Å². The number of benzene rings is 1. The number of unbranched alkanes of at least 4 members (excludes halogenated alkanes) is 1. The first-order valence-corrected chi connectivity index (χ1v) is 8.86. The van der Waals surface area contributed by atoms with Crippen molar-refractivity contribution >= 4 is 18.3 Å². The zero-order valence-electron chi connectivity index (χ0n) is 14.4. The number of carbonyl (C=O) groups is 1. The lowest BCUT2D eigenvalue weighted by molar-refractivity contribution is -0.130. The number of hydrogen-bond donors (Lipinski definition) is 1. The molecule has 2 N–H and O–H groups in total. The zero-order valence-corrected chi connectivity index (χ0v) is 15.3. The molecule has 1 aromatic carbocycles. The first-order chi connectivity index (χ1) is 11.1. The fourth-order valence-electron chi connectivity index (χ4n) is 3.94. The summed E-state index contributed by atoms with van der Waals surface area (Å²) in [5, 5.41) is 0. The molecular formula is C19H29ClN2O2. The maximum Gasteiger partial charge on any atom is 0.222 e. The van der Waals surface area contributed by atoms with Crippen LogP contribution < -0.4 is 10.5 Å². The van der Waals surface area contributed by atoms with Crippen molar-refractivity contribution in [3.8, 4) is 5.75 Å². The molecule has 1 amide bonds. The summed E-state index contributed by atoms with van der Waals surface area (Å²) in [4.78, 5) is 14.3. The van der Waals surface area contributed by atoms with Gasteiger partial charge in [0.05, 0.1) is 6.61 Å². The van der Waals surface area contributed by atoms with Gasteiger partial charge in [-0.3, -0.25) is 4.79 Å². The maximum atomic E-state index is 12.3. The molecule has 0 bridgehead atoms. The molecule has 0 spiro atoms. The van der Waals surface area contributed by atoms with E-state index < -0.39 is 0 Å². The van der Waals surface area contributed by atoms with Crippen LogP contribution in [0.2, 0.25) is 0 Å². The Labute approximate surface area is 151 Å². The lowest BCUT2D eigenvalue weighted by atomic mass is 9.98. The average Bonchev–Trinajstić information content (AvgIpc) is 3.09. The van der Waals surface area contributed by atoms with Crippen molar-refractivity contribution in [1.29, 1.82) is 0 Å². The Morgan fingerprint density at radius 2 is 2.12 bits per heavy atom. The van der Waals surface area contributed by atoms with Gasteiger partial charge < -0.3 is 15.4 Å².